The summed E-state index contributed by atoms with van der Waals surface area (Å²) in [7, 11) is 0. The molecular weight excluding hydrogens is 194 g/mol. The van der Waals surface area contributed by atoms with E-state index in [9.17, 15) is 4.79 Å². The molecule has 0 bridgehead atoms. The van der Waals surface area contributed by atoms with E-state index in [-0.39, 0.29) is 12.3 Å². The number of aromatic nitrogens is 3. The Kier molecular flexibility index (Phi) is 2.37. The molecule has 2 rings (SSSR count). The van der Waals surface area contributed by atoms with Crippen LogP contribution < -0.4 is 0 Å². The minimum absolute atomic E-state index is 0.0556. The lowest BCUT2D eigenvalue weighted by molar-refractivity contribution is -0.137. The van der Waals surface area contributed by atoms with Crippen LogP contribution in [0, 0.1) is 0 Å². The molecule has 0 saturated heterocycles. The third-order valence-electron chi connectivity index (χ3n) is 2.33. The molecule has 0 aliphatic rings. The van der Waals surface area contributed by atoms with Crippen LogP contribution in [0.3, 0.4) is 0 Å². The van der Waals surface area contributed by atoms with E-state index in [1.807, 2.05) is 11.3 Å². The molecule has 0 spiro atoms. The van der Waals surface area contributed by atoms with E-state index in [1.54, 1.807) is 24.8 Å². The highest BCUT2D eigenvalue weighted by Gasteiger charge is 2.14. The van der Waals surface area contributed by atoms with E-state index in [0.29, 0.717) is 0 Å². The number of hydrogen-bond acceptors (Lipinski definition) is 3. The first-order valence-electron chi connectivity index (χ1n) is 4.67. The summed E-state index contributed by atoms with van der Waals surface area (Å²) in [5, 5.41) is 8.71. The van der Waals surface area contributed by atoms with Crippen LogP contribution in [0.25, 0.3) is 5.65 Å². The Morgan fingerprint density at radius 1 is 1.60 bits per heavy atom. The van der Waals surface area contributed by atoms with Crippen molar-refractivity contribution in [3.05, 3.63) is 30.5 Å². The molecule has 2 aromatic heterocycles. The Balaban J connectivity index is 2.39. The molecular formula is C10H11N3O2. The van der Waals surface area contributed by atoms with Crippen molar-refractivity contribution >= 4 is 11.6 Å². The first kappa shape index (κ1) is 9.64. The van der Waals surface area contributed by atoms with E-state index < -0.39 is 5.97 Å². The third-order valence-corrected chi connectivity index (χ3v) is 2.33. The topological polar surface area (TPSA) is 67.5 Å². The molecule has 0 fully saturated rings. The first-order chi connectivity index (χ1) is 7.18. The first-order valence-corrected chi connectivity index (χ1v) is 4.67. The van der Waals surface area contributed by atoms with Crippen LogP contribution in [0.1, 0.15) is 25.0 Å². The number of carboxylic acids is 1. The minimum atomic E-state index is -0.800. The zero-order valence-electron chi connectivity index (χ0n) is 8.29. The van der Waals surface area contributed by atoms with Crippen molar-refractivity contribution in [2.75, 3.05) is 0 Å². The fourth-order valence-electron chi connectivity index (χ4n) is 1.59. The van der Waals surface area contributed by atoms with Gasteiger partial charge in [0.05, 0.1) is 12.6 Å². The zero-order valence-corrected chi connectivity index (χ0v) is 8.29. The summed E-state index contributed by atoms with van der Waals surface area (Å²) in [5.41, 5.74) is 1.64. The van der Waals surface area contributed by atoms with Gasteiger partial charge < -0.3 is 9.51 Å². The minimum Gasteiger partial charge on any atom is -0.481 e. The number of aliphatic carboxylic acids is 1. The highest BCUT2D eigenvalue weighted by molar-refractivity contribution is 5.67. The molecule has 0 amide bonds. The molecule has 15 heavy (non-hydrogen) atoms. The maximum absolute atomic E-state index is 10.6. The Hall–Kier alpha value is -1.91. The predicted octanol–water partition coefficient (Wildman–Crippen LogP) is 1.31. The molecule has 0 aliphatic carbocycles. The highest BCUT2D eigenvalue weighted by Crippen LogP contribution is 2.19. The van der Waals surface area contributed by atoms with Crippen molar-refractivity contribution < 1.29 is 9.90 Å². The molecule has 5 heteroatoms. The zero-order chi connectivity index (χ0) is 10.8. The van der Waals surface area contributed by atoms with E-state index in [2.05, 4.69) is 9.97 Å². The molecule has 1 unspecified atom stereocenters. The molecule has 0 aliphatic heterocycles. The van der Waals surface area contributed by atoms with Crippen LogP contribution >= 0.6 is 0 Å². The average molecular weight is 205 g/mol. The van der Waals surface area contributed by atoms with Gasteiger partial charge in [-0.15, -0.1) is 0 Å². The largest absolute Gasteiger partial charge is 0.481 e. The van der Waals surface area contributed by atoms with Crippen LogP contribution in [-0.2, 0) is 4.79 Å². The van der Waals surface area contributed by atoms with Crippen molar-refractivity contribution in [2.24, 2.45) is 0 Å². The number of nitrogens with zero attached hydrogens (tertiary/aromatic N) is 3. The summed E-state index contributed by atoms with van der Waals surface area (Å²) in [5.74, 6) is -0.855. The monoisotopic (exact) mass is 205 g/mol. The second-order valence-corrected chi connectivity index (χ2v) is 3.49. The third kappa shape index (κ3) is 1.81. The lowest BCUT2D eigenvalue weighted by atomic mass is 10.1. The van der Waals surface area contributed by atoms with E-state index >= 15 is 0 Å². The number of imidazole rings is 1. The van der Waals surface area contributed by atoms with Gasteiger partial charge in [-0.2, -0.15) is 0 Å². The van der Waals surface area contributed by atoms with Gasteiger partial charge >= 0.3 is 5.97 Å². The molecule has 0 aromatic carbocycles. The molecule has 1 N–H and O–H groups in total. The molecule has 2 heterocycles. The molecule has 0 saturated carbocycles. The second-order valence-electron chi connectivity index (χ2n) is 3.49. The summed E-state index contributed by atoms with van der Waals surface area (Å²) in [4.78, 5) is 18.7. The SMILES string of the molecule is CC(CC(=O)O)c1cnc2cnccn12. The van der Waals surface area contributed by atoms with Crippen molar-refractivity contribution in [1.29, 1.82) is 0 Å². The van der Waals surface area contributed by atoms with Gasteiger partial charge in [-0.3, -0.25) is 9.78 Å². The lowest BCUT2D eigenvalue weighted by Gasteiger charge is -2.07. The summed E-state index contributed by atoms with van der Waals surface area (Å²) in [6.07, 6.45) is 6.90. The molecule has 78 valence electrons. The average Bonchev–Trinajstić information content (AvgIpc) is 2.59. The van der Waals surface area contributed by atoms with Gasteiger partial charge in [-0.1, -0.05) is 6.92 Å². The van der Waals surface area contributed by atoms with Gasteiger partial charge in [0.25, 0.3) is 0 Å². The summed E-state index contributed by atoms with van der Waals surface area (Å²) < 4.78 is 1.86. The van der Waals surface area contributed by atoms with Crippen molar-refractivity contribution in [3.8, 4) is 0 Å². The van der Waals surface area contributed by atoms with Gasteiger partial charge in [0.2, 0.25) is 0 Å². The molecule has 1 atom stereocenters. The van der Waals surface area contributed by atoms with Crippen LogP contribution in [-0.4, -0.2) is 25.4 Å². The van der Waals surface area contributed by atoms with Gasteiger partial charge in [0, 0.05) is 30.2 Å². The maximum atomic E-state index is 10.6. The molecule has 5 nitrogen and oxygen atoms in total. The normalized spacial score (nSPS) is 12.9. The maximum Gasteiger partial charge on any atom is 0.304 e. The lowest BCUT2D eigenvalue weighted by Crippen LogP contribution is -2.05. The fraction of sp³-hybridized carbons (Fsp3) is 0.300. The van der Waals surface area contributed by atoms with Gasteiger partial charge in [0.1, 0.15) is 0 Å². The Morgan fingerprint density at radius 3 is 3.13 bits per heavy atom. The van der Waals surface area contributed by atoms with E-state index in [4.69, 9.17) is 5.11 Å². The second kappa shape index (κ2) is 3.68. The number of carboxylic acid groups (broad SMARTS) is 1. The fourth-order valence-corrected chi connectivity index (χ4v) is 1.59. The van der Waals surface area contributed by atoms with Crippen LogP contribution in [0.15, 0.2) is 24.8 Å². The molecule has 2 aromatic rings. The summed E-state index contributed by atoms with van der Waals surface area (Å²) in [6, 6.07) is 0. The number of hydrogen-bond donors (Lipinski definition) is 1. The van der Waals surface area contributed by atoms with Crippen LogP contribution in [0.2, 0.25) is 0 Å². The van der Waals surface area contributed by atoms with Gasteiger partial charge in [0.15, 0.2) is 5.65 Å². The highest BCUT2D eigenvalue weighted by atomic mass is 16.4. The summed E-state index contributed by atoms with van der Waals surface area (Å²) >= 11 is 0. The quantitative estimate of drug-likeness (QED) is 0.820. The standard InChI is InChI=1S/C10H11N3O2/c1-7(4-10(14)15)8-5-12-9-6-11-2-3-13(8)9/h2-3,5-7H,4H2,1H3,(H,14,15). The number of carbonyl (C=O) groups is 1. The number of rotatable bonds is 3. The Bertz CT molecular complexity index is 492. The van der Waals surface area contributed by atoms with Crippen LogP contribution in [0.5, 0.6) is 0 Å². The smallest absolute Gasteiger partial charge is 0.304 e. The van der Waals surface area contributed by atoms with Crippen molar-refractivity contribution in [3.63, 3.8) is 0 Å². The Morgan fingerprint density at radius 2 is 2.40 bits per heavy atom. The van der Waals surface area contributed by atoms with Crippen LogP contribution in [0.4, 0.5) is 0 Å². The summed E-state index contributed by atoms with van der Waals surface area (Å²) in [6.45, 7) is 1.87. The predicted molar refractivity (Wildman–Crippen MR) is 53.7 cm³/mol. The van der Waals surface area contributed by atoms with Gasteiger partial charge in [-0.05, 0) is 0 Å². The number of fused-ring (bicyclic) bond motifs is 1. The molecule has 0 radical (unpaired) electrons. The van der Waals surface area contributed by atoms with Crippen molar-refractivity contribution in [1.82, 2.24) is 14.4 Å². The van der Waals surface area contributed by atoms with Crippen molar-refractivity contribution in [2.45, 2.75) is 19.3 Å². The van der Waals surface area contributed by atoms with E-state index in [1.165, 1.54) is 0 Å². The van der Waals surface area contributed by atoms with Gasteiger partial charge in [-0.25, -0.2) is 4.98 Å². The van der Waals surface area contributed by atoms with E-state index in [0.717, 1.165) is 11.3 Å². The Labute approximate surface area is 86.4 Å².